The maximum atomic E-state index is 10.2. The molecule has 0 saturated heterocycles. The summed E-state index contributed by atoms with van der Waals surface area (Å²) in [7, 11) is -4.46. The second-order valence-corrected chi connectivity index (χ2v) is 26.5. The monoisotopic (exact) mass is 760 g/mol. The van der Waals surface area contributed by atoms with Gasteiger partial charge >= 0.3 is 43.3 Å². The summed E-state index contributed by atoms with van der Waals surface area (Å²) in [5.41, 5.74) is 0. The average molecular weight is 761 g/mol. The Kier molecular flexibility index (Phi) is 17.3. The molecule has 0 bridgehead atoms. The predicted octanol–water partition coefficient (Wildman–Crippen LogP) is 3.21. The molecule has 4 aromatic carbocycles. The molecule has 0 aliphatic carbocycles. The zero-order chi connectivity index (χ0) is 36.6. The Hall–Kier alpha value is -2.44. The predicted molar refractivity (Wildman–Crippen MR) is 205 cm³/mol. The van der Waals surface area contributed by atoms with E-state index in [-0.39, 0.29) is 0 Å². The first-order valence-electron chi connectivity index (χ1n) is 15.6. The SMILES string of the molecule is CO[Si](C)(C)O[Si](O[Si](C)(OC)OC)(c1ccccc1)c1ccccc1.CO[Si](C)(OC)OC.O[Si](O)(c1ccccc1)c1ccccc1. The van der Waals surface area contributed by atoms with Crippen LogP contribution in [0.25, 0.3) is 0 Å². The minimum Gasteiger partial charge on any atom is -0.408 e. The van der Waals surface area contributed by atoms with Crippen LogP contribution < -0.4 is 20.7 Å². The van der Waals surface area contributed by atoms with Crippen molar-refractivity contribution in [3.8, 4) is 0 Å². The Morgan fingerprint density at radius 1 is 0.367 bits per heavy atom. The number of benzene rings is 4. The standard InChI is InChI=1S/C18H28O5Si3.C12H12O2Si.C4H12O3Si/c1-19-24(4,5)22-26(17-13-9-7-10-14-17,18-15-11-8-12-16-18)23-25(6,20-2)21-3;13-15(14,11-7-3-1-4-8-11)12-9-5-2-6-10-12;1-5-8(4,6-2)7-3/h7-16H,1-6H3;1-10,13-14H;1-4H3. The highest BCUT2D eigenvalue weighted by molar-refractivity contribution is 7.00. The Bertz CT molecular complexity index is 1370. The summed E-state index contributed by atoms with van der Waals surface area (Å²) < 4.78 is 45.3. The molecule has 0 heterocycles. The van der Waals surface area contributed by atoms with Crippen LogP contribution in [0, 0.1) is 0 Å². The minimum absolute atomic E-state index is 0.608. The highest BCUT2D eigenvalue weighted by Crippen LogP contribution is 2.22. The Labute approximate surface area is 297 Å². The minimum atomic E-state index is -3.46. The molecular formula is C34H52O10Si5. The summed E-state index contributed by atoms with van der Waals surface area (Å²) in [6.45, 7) is 7.74. The molecule has 4 aromatic rings. The van der Waals surface area contributed by atoms with Gasteiger partial charge < -0.3 is 44.4 Å². The fourth-order valence-electron chi connectivity index (χ4n) is 4.31. The van der Waals surface area contributed by atoms with E-state index in [1.165, 1.54) is 0 Å². The average Bonchev–Trinajstić information content (AvgIpc) is 3.16. The van der Waals surface area contributed by atoms with Crippen molar-refractivity contribution in [1.29, 1.82) is 0 Å². The van der Waals surface area contributed by atoms with Gasteiger partial charge in [-0.2, -0.15) is 0 Å². The van der Waals surface area contributed by atoms with Gasteiger partial charge in [-0.1, -0.05) is 121 Å². The van der Waals surface area contributed by atoms with Crippen LogP contribution in [0.4, 0.5) is 0 Å². The second-order valence-electron chi connectivity index (χ2n) is 11.3. The molecule has 0 radical (unpaired) electrons. The second kappa shape index (κ2) is 19.8. The lowest BCUT2D eigenvalue weighted by Gasteiger charge is -2.41. The third-order valence-electron chi connectivity index (χ3n) is 7.72. The van der Waals surface area contributed by atoms with E-state index in [1.54, 1.807) is 66.9 Å². The van der Waals surface area contributed by atoms with Crippen molar-refractivity contribution in [2.45, 2.75) is 26.2 Å². The van der Waals surface area contributed by atoms with E-state index < -0.39 is 43.3 Å². The molecule has 0 unspecified atom stereocenters. The fourth-order valence-corrected chi connectivity index (χ4v) is 16.5. The summed E-state index contributed by atoms with van der Waals surface area (Å²) >= 11 is 0. The van der Waals surface area contributed by atoms with E-state index in [2.05, 4.69) is 0 Å². The van der Waals surface area contributed by atoms with E-state index in [4.69, 9.17) is 34.8 Å². The number of hydrogen-bond acceptors (Lipinski definition) is 10. The third-order valence-corrected chi connectivity index (χ3v) is 22.6. The lowest BCUT2D eigenvalue weighted by Crippen LogP contribution is -2.71. The molecule has 0 amide bonds. The van der Waals surface area contributed by atoms with Gasteiger partial charge in [0, 0.05) is 55.8 Å². The lowest BCUT2D eigenvalue weighted by molar-refractivity contribution is 0.132. The van der Waals surface area contributed by atoms with Crippen LogP contribution in [-0.2, 0) is 34.8 Å². The van der Waals surface area contributed by atoms with Gasteiger partial charge in [-0.25, -0.2) is 0 Å². The molecule has 0 saturated carbocycles. The Morgan fingerprint density at radius 3 is 0.898 bits per heavy atom. The van der Waals surface area contributed by atoms with Crippen molar-refractivity contribution in [2.24, 2.45) is 0 Å². The van der Waals surface area contributed by atoms with Crippen molar-refractivity contribution in [3.05, 3.63) is 121 Å². The van der Waals surface area contributed by atoms with Crippen LogP contribution in [0.3, 0.4) is 0 Å². The van der Waals surface area contributed by atoms with E-state index in [1.807, 2.05) is 123 Å². The van der Waals surface area contributed by atoms with E-state index >= 15 is 0 Å². The largest absolute Gasteiger partial charge is 0.496 e. The highest BCUT2D eigenvalue weighted by atomic mass is 28.5. The Balaban J connectivity index is 0.000000303. The summed E-state index contributed by atoms with van der Waals surface area (Å²) in [6.07, 6.45) is 0. The summed E-state index contributed by atoms with van der Waals surface area (Å²) in [5.74, 6) is 0. The molecule has 2 N–H and O–H groups in total. The van der Waals surface area contributed by atoms with Crippen LogP contribution >= 0.6 is 0 Å². The van der Waals surface area contributed by atoms with Crippen LogP contribution in [0.15, 0.2) is 121 Å². The molecule has 0 aromatic heterocycles. The van der Waals surface area contributed by atoms with Crippen LogP contribution in [0.1, 0.15) is 0 Å². The highest BCUT2D eigenvalue weighted by Gasteiger charge is 2.54. The van der Waals surface area contributed by atoms with E-state index in [9.17, 15) is 9.59 Å². The smallest absolute Gasteiger partial charge is 0.408 e. The first kappa shape index (κ1) is 42.7. The normalized spacial score (nSPS) is 12.3. The van der Waals surface area contributed by atoms with Gasteiger partial charge in [0.15, 0.2) is 0 Å². The topological polar surface area (TPSA) is 114 Å². The first-order valence-corrected chi connectivity index (χ1v) is 26.6. The maximum Gasteiger partial charge on any atom is 0.496 e. The van der Waals surface area contributed by atoms with Gasteiger partial charge in [0.25, 0.3) is 0 Å². The zero-order valence-electron chi connectivity index (χ0n) is 30.2. The molecule has 0 atom stereocenters. The van der Waals surface area contributed by atoms with Gasteiger partial charge in [-0.05, 0) is 33.8 Å². The van der Waals surface area contributed by atoms with Crippen LogP contribution in [0.5, 0.6) is 0 Å². The first-order chi connectivity index (χ1) is 23.2. The van der Waals surface area contributed by atoms with Crippen molar-refractivity contribution < 1.29 is 44.4 Å². The third kappa shape index (κ3) is 12.4. The number of hydrogen-bond donors (Lipinski definition) is 2. The van der Waals surface area contributed by atoms with Crippen molar-refractivity contribution in [1.82, 2.24) is 0 Å². The molecule has 268 valence electrons. The van der Waals surface area contributed by atoms with Gasteiger partial charge in [-0.15, -0.1) is 0 Å². The van der Waals surface area contributed by atoms with Gasteiger partial charge in [-0.3, -0.25) is 0 Å². The molecule has 4 rings (SSSR count). The molecule has 49 heavy (non-hydrogen) atoms. The molecular weight excluding hydrogens is 709 g/mol. The fraction of sp³-hybridized carbons (Fsp3) is 0.294. The van der Waals surface area contributed by atoms with Crippen LogP contribution in [0.2, 0.25) is 26.2 Å². The van der Waals surface area contributed by atoms with Crippen molar-refractivity contribution in [3.63, 3.8) is 0 Å². The van der Waals surface area contributed by atoms with E-state index in [0.717, 1.165) is 10.4 Å². The molecule has 0 aliphatic heterocycles. The van der Waals surface area contributed by atoms with E-state index in [0.29, 0.717) is 10.4 Å². The summed E-state index contributed by atoms with van der Waals surface area (Å²) in [4.78, 5) is 20.3. The summed E-state index contributed by atoms with van der Waals surface area (Å²) in [5, 5.41) is 3.21. The molecule has 10 nitrogen and oxygen atoms in total. The summed E-state index contributed by atoms with van der Waals surface area (Å²) in [6, 6.07) is 38.1. The van der Waals surface area contributed by atoms with Gasteiger partial charge in [0.05, 0.1) is 0 Å². The quantitative estimate of drug-likeness (QED) is 0.186. The van der Waals surface area contributed by atoms with Crippen molar-refractivity contribution >= 4 is 64.0 Å². The zero-order valence-corrected chi connectivity index (χ0v) is 35.2. The van der Waals surface area contributed by atoms with Gasteiger partial charge in [0.2, 0.25) is 0 Å². The Morgan fingerprint density at radius 2 is 0.653 bits per heavy atom. The van der Waals surface area contributed by atoms with Gasteiger partial charge in [0.1, 0.15) is 0 Å². The molecule has 0 spiro atoms. The molecule has 0 aliphatic rings. The molecule has 0 fully saturated rings. The van der Waals surface area contributed by atoms with Crippen molar-refractivity contribution in [2.75, 3.05) is 42.7 Å². The lowest BCUT2D eigenvalue weighted by atomic mass is 10.4. The van der Waals surface area contributed by atoms with Crippen LogP contribution in [-0.4, -0.2) is 95.5 Å². The number of rotatable bonds is 14. The maximum absolute atomic E-state index is 10.2. The molecule has 15 heteroatoms.